The summed E-state index contributed by atoms with van der Waals surface area (Å²) in [6.45, 7) is 7.48. The van der Waals surface area contributed by atoms with Gasteiger partial charge in [0.1, 0.15) is 0 Å². The smallest absolute Gasteiger partial charge is 0.306 e. The number of nitrogens with zero attached hydrogens (tertiary/aromatic N) is 1. The zero-order valence-electron chi connectivity index (χ0n) is 11.2. The predicted molar refractivity (Wildman–Crippen MR) is 69.0 cm³/mol. The van der Waals surface area contributed by atoms with Crippen molar-refractivity contribution >= 4 is 5.97 Å². The fraction of sp³-hybridized carbons (Fsp3) is 0.923. The minimum atomic E-state index is -0.104. The van der Waals surface area contributed by atoms with E-state index in [4.69, 9.17) is 4.74 Å². The summed E-state index contributed by atoms with van der Waals surface area (Å²) >= 11 is 0. The van der Waals surface area contributed by atoms with E-state index in [0.717, 1.165) is 45.1 Å². The fourth-order valence-electron chi connectivity index (χ4n) is 2.41. The van der Waals surface area contributed by atoms with Crippen LogP contribution in [0.4, 0.5) is 0 Å². The highest BCUT2D eigenvalue weighted by Gasteiger charge is 2.17. The Morgan fingerprint density at radius 2 is 2.29 bits per heavy atom. The van der Waals surface area contributed by atoms with E-state index in [0.29, 0.717) is 6.42 Å². The van der Waals surface area contributed by atoms with Gasteiger partial charge in [0.2, 0.25) is 0 Å². The van der Waals surface area contributed by atoms with Gasteiger partial charge in [-0.3, -0.25) is 4.79 Å². The molecule has 0 radical (unpaired) electrons. The summed E-state index contributed by atoms with van der Waals surface area (Å²) in [7, 11) is 1.46. The third kappa shape index (κ3) is 6.03. The third-order valence-electron chi connectivity index (χ3n) is 3.31. The standard InChI is InChI=1S/C13H26N2O2/c1-3-8-15(9-6-13(16)17-2)11-12-5-4-7-14-10-12/h12,14H,3-11H2,1-2H3. The van der Waals surface area contributed by atoms with Crippen molar-refractivity contribution in [2.45, 2.75) is 32.6 Å². The van der Waals surface area contributed by atoms with Crippen LogP contribution in [0.3, 0.4) is 0 Å². The van der Waals surface area contributed by atoms with Crippen molar-refractivity contribution in [3.8, 4) is 0 Å². The maximum atomic E-state index is 11.2. The lowest BCUT2D eigenvalue weighted by molar-refractivity contribution is -0.141. The molecule has 0 aromatic heterocycles. The summed E-state index contributed by atoms with van der Waals surface area (Å²) in [4.78, 5) is 13.5. The number of esters is 1. The van der Waals surface area contributed by atoms with E-state index in [-0.39, 0.29) is 5.97 Å². The van der Waals surface area contributed by atoms with Gasteiger partial charge in [-0.05, 0) is 44.8 Å². The van der Waals surface area contributed by atoms with Crippen molar-refractivity contribution in [2.24, 2.45) is 5.92 Å². The molecule has 4 nitrogen and oxygen atoms in total. The molecule has 0 spiro atoms. The molecule has 100 valence electrons. The molecule has 0 amide bonds. The Bertz CT molecular complexity index is 215. The molecule has 0 bridgehead atoms. The van der Waals surface area contributed by atoms with E-state index >= 15 is 0 Å². The SMILES string of the molecule is CCCN(CCC(=O)OC)CC1CCCNC1. The van der Waals surface area contributed by atoms with Crippen molar-refractivity contribution < 1.29 is 9.53 Å². The van der Waals surface area contributed by atoms with Gasteiger partial charge in [0, 0.05) is 13.1 Å². The Morgan fingerprint density at radius 1 is 1.47 bits per heavy atom. The molecule has 1 fully saturated rings. The summed E-state index contributed by atoms with van der Waals surface area (Å²) in [5.74, 6) is 0.640. The lowest BCUT2D eigenvalue weighted by atomic mass is 9.99. The zero-order chi connectivity index (χ0) is 12.5. The molecule has 17 heavy (non-hydrogen) atoms. The molecule has 4 heteroatoms. The first-order valence-corrected chi connectivity index (χ1v) is 6.76. The van der Waals surface area contributed by atoms with E-state index in [9.17, 15) is 4.79 Å². The summed E-state index contributed by atoms with van der Waals surface area (Å²) in [6, 6.07) is 0. The number of methoxy groups -OCH3 is 1. The molecule has 0 aromatic carbocycles. The molecule has 1 atom stereocenters. The maximum Gasteiger partial charge on any atom is 0.306 e. The van der Waals surface area contributed by atoms with Crippen molar-refractivity contribution in [1.82, 2.24) is 10.2 Å². The quantitative estimate of drug-likeness (QED) is 0.683. The normalized spacial score (nSPS) is 20.5. The highest BCUT2D eigenvalue weighted by atomic mass is 16.5. The molecule has 1 N–H and O–H groups in total. The van der Waals surface area contributed by atoms with Gasteiger partial charge in [0.15, 0.2) is 0 Å². The number of hydrogen-bond donors (Lipinski definition) is 1. The lowest BCUT2D eigenvalue weighted by Crippen LogP contribution is -2.39. The van der Waals surface area contributed by atoms with Gasteiger partial charge in [-0.2, -0.15) is 0 Å². The number of carbonyl (C=O) groups excluding carboxylic acids is 1. The molecule has 1 saturated heterocycles. The molecule has 1 unspecified atom stereocenters. The lowest BCUT2D eigenvalue weighted by Gasteiger charge is -2.29. The van der Waals surface area contributed by atoms with E-state index in [1.165, 1.54) is 20.0 Å². The van der Waals surface area contributed by atoms with Crippen LogP contribution < -0.4 is 5.32 Å². The highest BCUT2D eigenvalue weighted by molar-refractivity contribution is 5.69. The molecule has 1 rings (SSSR count). The predicted octanol–water partition coefficient (Wildman–Crippen LogP) is 1.26. The van der Waals surface area contributed by atoms with Crippen LogP contribution in [-0.4, -0.2) is 50.7 Å². The summed E-state index contributed by atoms with van der Waals surface area (Å²) < 4.78 is 4.69. The van der Waals surface area contributed by atoms with Gasteiger partial charge in [-0.15, -0.1) is 0 Å². The molecule has 1 aliphatic rings. The maximum absolute atomic E-state index is 11.2. The first-order valence-electron chi connectivity index (χ1n) is 6.76. The number of hydrogen-bond acceptors (Lipinski definition) is 4. The summed E-state index contributed by atoms with van der Waals surface area (Å²) in [6.07, 6.45) is 4.24. The molecule has 1 heterocycles. The second-order valence-electron chi connectivity index (χ2n) is 4.84. The zero-order valence-corrected chi connectivity index (χ0v) is 11.2. The van der Waals surface area contributed by atoms with Crippen molar-refractivity contribution in [3.05, 3.63) is 0 Å². The van der Waals surface area contributed by atoms with Crippen LogP contribution in [0.1, 0.15) is 32.6 Å². The Hall–Kier alpha value is -0.610. The number of rotatable bonds is 7. The number of ether oxygens (including phenoxy) is 1. The second-order valence-corrected chi connectivity index (χ2v) is 4.84. The van der Waals surface area contributed by atoms with Crippen LogP contribution in [0.25, 0.3) is 0 Å². The highest BCUT2D eigenvalue weighted by Crippen LogP contribution is 2.12. The topological polar surface area (TPSA) is 41.6 Å². The van der Waals surface area contributed by atoms with Gasteiger partial charge < -0.3 is 15.0 Å². The average molecular weight is 242 g/mol. The minimum Gasteiger partial charge on any atom is -0.469 e. The van der Waals surface area contributed by atoms with Gasteiger partial charge in [-0.1, -0.05) is 6.92 Å². The molecule has 1 aliphatic heterocycles. The molecule has 0 saturated carbocycles. The van der Waals surface area contributed by atoms with Crippen molar-refractivity contribution in [1.29, 1.82) is 0 Å². The Kier molecular flexibility index (Phi) is 7.21. The van der Waals surface area contributed by atoms with Crippen LogP contribution in [0.15, 0.2) is 0 Å². The van der Waals surface area contributed by atoms with Gasteiger partial charge >= 0.3 is 5.97 Å². The van der Waals surface area contributed by atoms with Crippen molar-refractivity contribution in [2.75, 3.05) is 39.8 Å². The Balaban J connectivity index is 2.28. The minimum absolute atomic E-state index is 0.104. The molecule has 0 aliphatic carbocycles. The number of carbonyl (C=O) groups is 1. The largest absolute Gasteiger partial charge is 0.469 e. The third-order valence-corrected chi connectivity index (χ3v) is 3.31. The van der Waals surface area contributed by atoms with Gasteiger partial charge in [0.25, 0.3) is 0 Å². The van der Waals surface area contributed by atoms with E-state index < -0.39 is 0 Å². The van der Waals surface area contributed by atoms with Crippen LogP contribution in [0.2, 0.25) is 0 Å². The Morgan fingerprint density at radius 3 is 2.88 bits per heavy atom. The average Bonchev–Trinajstić information content (AvgIpc) is 2.37. The van der Waals surface area contributed by atoms with Crippen LogP contribution in [-0.2, 0) is 9.53 Å². The van der Waals surface area contributed by atoms with Gasteiger partial charge in [0.05, 0.1) is 13.5 Å². The van der Waals surface area contributed by atoms with E-state index in [1.54, 1.807) is 0 Å². The molecular formula is C13H26N2O2. The molecule has 0 aromatic rings. The van der Waals surface area contributed by atoms with Crippen LogP contribution >= 0.6 is 0 Å². The second kappa shape index (κ2) is 8.48. The van der Waals surface area contributed by atoms with E-state index in [1.807, 2.05) is 0 Å². The number of piperidine rings is 1. The van der Waals surface area contributed by atoms with Crippen molar-refractivity contribution in [3.63, 3.8) is 0 Å². The Labute approximate surface area is 105 Å². The van der Waals surface area contributed by atoms with Crippen LogP contribution in [0.5, 0.6) is 0 Å². The molecular weight excluding hydrogens is 216 g/mol. The first kappa shape index (κ1) is 14.5. The first-order chi connectivity index (χ1) is 8.26. The van der Waals surface area contributed by atoms with Crippen LogP contribution in [0, 0.1) is 5.92 Å². The van der Waals surface area contributed by atoms with Gasteiger partial charge in [-0.25, -0.2) is 0 Å². The fourth-order valence-corrected chi connectivity index (χ4v) is 2.41. The monoisotopic (exact) mass is 242 g/mol. The number of nitrogens with one attached hydrogen (secondary N) is 1. The summed E-state index contributed by atoms with van der Waals surface area (Å²) in [5.41, 5.74) is 0. The van der Waals surface area contributed by atoms with E-state index in [2.05, 4.69) is 17.1 Å². The summed E-state index contributed by atoms with van der Waals surface area (Å²) in [5, 5.41) is 3.44.